The van der Waals surface area contributed by atoms with Crippen molar-refractivity contribution in [3.05, 3.63) is 0 Å². The van der Waals surface area contributed by atoms with Gasteiger partial charge in [-0.05, 0) is 30.2 Å². The highest BCUT2D eigenvalue weighted by atomic mass is 31.1. The maximum absolute atomic E-state index is 12.0. The highest BCUT2D eigenvalue weighted by Crippen LogP contribution is 2.34. The van der Waals surface area contributed by atoms with Crippen LogP contribution >= 0.6 is 8.03 Å². The second-order valence-electron chi connectivity index (χ2n) is 5.30. The van der Waals surface area contributed by atoms with E-state index in [4.69, 9.17) is 4.52 Å². The fourth-order valence-corrected chi connectivity index (χ4v) is 4.00. The summed E-state index contributed by atoms with van der Waals surface area (Å²) in [4.78, 5) is 0. The van der Waals surface area contributed by atoms with E-state index in [2.05, 4.69) is 13.8 Å². The van der Waals surface area contributed by atoms with E-state index in [0.29, 0.717) is 5.92 Å². The maximum atomic E-state index is 12.0. The zero-order valence-electron chi connectivity index (χ0n) is 11.5. The predicted molar refractivity (Wildman–Crippen MR) is 73.7 cm³/mol. The van der Waals surface area contributed by atoms with Gasteiger partial charge >= 0.3 is 8.03 Å². The normalized spacial score (nSPS) is 20.2. The van der Waals surface area contributed by atoms with Crippen molar-refractivity contribution < 1.29 is 9.09 Å². The summed E-state index contributed by atoms with van der Waals surface area (Å²) in [6.07, 6.45) is 12.0. The average Bonchev–Trinajstić information content (AvgIpc) is 2.35. The Kier molecular flexibility index (Phi) is 8.05. The van der Waals surface area contributed by atoms with Crippen LogP contribution in [0.2, 0.25) is 0 Å². The highest BCUT2D eigenvalue weighted by molar-refractivity contribution is 7.39. The minimum absolute atomic E-state index is 0.288. The van der Waals surface area contributed by atoms with Gasteiger partial charge in [-0.2, -0.15) is 0 Å². The van der Waals surface area contributed by atoms with Crippen molar-refractivity contribution in [2.75, 3.05) is 6.16 Å². The summed E-state index contributed by atoms with van der Waals surface area (Å²) >= 11 is 0. The van der Waals surface area contributed by atoms with E-state index in [1.165, 1.54) is 38.5 Å². The highest BCUT2D eigenvalue weighted by Gasteiger charge is 2.28. The molecule has 1 rings (SSSR count). The fourth-order valence-electron chi connectivity index (χ4n) is 2.51. The van der Waals surface area contributed by atoms with E-state index >= 15 is 0 Å². The zero-order valence-corrected chi connectivity index (χ0v) is 12.4. The molecule has 0 aromatic heterocycles. The molecule has 0 heterocycles. The molecule has 17 heavy (non-hydrogen) atoms. The number of rotatable bonds is 8. The molecule has 0 N–H and O–H groups in total. The van der Waals surface area contributed by atoms with E-state index in [1.54, 1.807) is 0 Å². The molecule has 0 bridgehead atoms. The van der Waals surface area contributed by atoms with Crippen molar-refractivity contribution >= 4 is 8.03 Å². The quantitative estimate of drug-likeness (QED) is 0.553. The second kappa shape index (κ2) is 9.05. The first-order valence-electron chi connectivity index (χ1n) is 7.37. The molecule has 1 aliphatic rings. The Bertz CT molecular complexity index is 212. The fraction of sp³-hybridized carbons (Fsp3) is 1.00. The molecule has 2 nitrogen and oxygen atoms in total. The Morgan fingerprint density at radius 1 is 1.24 bits per heavy atom. The Morgan fingerprint density at radius 2 is 1.94 bits per heavy atom. The lowest BCUT2D eigenvalue weighted by molar-refractivity contribution is 0.164. The zero-order chi connectivity index (χ0) is 12.5. The van der Waals surface area contributed by atoms with Gasteiger partial charge in [-0.25, -0.2) is 0 Å². The largest absolute Gasteiger partial charge is 0.508 e. The third-order valence-corrected chi connectivity index (χ3v) is 5.12. The molecule has 1 saturated carbocycles. The first kappa shape index (κ1) is 15.1. The van der Waals surface area contributed by atoms with Gasteiger partial charge in [0, 0.05) is 5.92 Å². The lowest BCUT2D eigenvalue weighted by Crippen LogP contribution is -2.14. The lowest BCUT2D eigenvalue weighted by atomic mass is 9.98. The van der Waals surface area contributed by atoms with Gasteiger partial charge < -0.3 is 0 Å². The van der Waals surface area contributed by atoms with Crippen LogP contribution in [0.3, 0.4) is 0 Å². The predicted octanol–water partition coefficient (Wildman–Crippen LogP) is 5.29. The standard InChI is InChI=1S/C14H28O2P/c1-3-5-9-13(4-2)12-17(15)16-14-10-7-6-8-11-14/h13-14H,3-12H2,1-2H3/q+1. The molecule has 100 valence electrons. The number of unbranched alkanes of at least 4 members (excludes halogenated alkanes) is 1. The van der Waals surface area contributed by atoms with E-state index in [1.807, 2.05) is 0 Å². The molecule has 0 amide bonds. The van der Waals surface area contributed by atoms with Crippen LogP contribution in [0.25, 0.3) is 0 Å². The van der Waals surface area contributed by atoms with Crippen LogP contribution in [-0.4, -0.2) is 12.3 Å². The molecule has 0 spiro atoms. The molecule has 0 aromatic rings. The SMILES string of the molecule is CCCCC(CC)C[P+](=O)OC1CCCCC1. The molecule has 2 unspecified atom stereocenters. The van der Waals surface area contributed by atoms with Gasteiger partial charge in [-0.3, -0.25) is 0 Å². The van der Waals surface area contributed by atoms with E-state index in [-0.39, 0.29) is 6.10 Å². The molecule has 1 aliphatic carbocycles. The Hall–Kier alpha value is 0.0600. The van der Waals surface area contributed by atoms with Gasteiger partial charge in [0.15, 0.2) is 6.16 Å². The van der Waals surface area contributed by atoms with Crippen molar-refractivity contribution in [2.24, 2.45) is 5.92 Å². The lowest BCUT2D eigenvalue weighted by Gasteiger charge is -2.16. The van der Waals surface area contributed by atoms with Crippen LogP contribution in [0, 0.1) is 5.92 Å². The van der Waals surface area contributed by atoms with Crippen molar-refractivity contribution in [1.29, 1.82) is 0 Å². The summed E-state index contributed by atoms with van der Waals surface area (Å²) in [5.74, 6) is 0.599. The molecule has 0 aromatic carbocycles. The molecule has 3 heteroatoms. The summed E-state index contributed by atoms with van der Waals surface area (Å²) < 4.78 is 17.7. The molecular weight excluding hydrogens is 231 g/mol. The molecule has 1 fully saturated rings. The first-order chi connectivity index (χ1) is 8.26. The second-order valence-corrected chi connectivity index (χ2v) is 6.54. The molecule has 0 saturated heterocycles. The third-order valence-electron chi connectivity index (χ3n) is 3.77. The van der Waals surface area contributed by atoms with Crippen molar-refractivity contribution in [3.63, 3.8) is 0 Å². The topological polar surface area (TPSA) is 26.3 Å². The number of hydrogen-bond donors (Lipinski definition) is 0. The summed E-state index contributed by atoms with van der Waals surface area (Å²) in [5.41, 5.74) is 0. The molecule has 0 aliphatic heterocycles. The minimum Gasteiger partial charge on any atom is -0.143 e. The van der Waals surface area contributed by atoms with Crippen LogP contribution in [0.4, 0.5) is 0 Å². The smallest absolute Gasteiger partial charge is 0.143 e. The summed E-state index contributed by atoms with van der Waals surface area (Å²) in [7, 11) is -1.42. The van der Waals surface area contributed by atoms with Gasteiger partial charge in [-0.15, -0.1) is 4.52 Å². The monoisotopic (exact) mass is 259 g/mol. The Balaban J connectivity index is 2.21. The van der Waals surface area contributed by atoms with Gasteiger partial charge in [0.05, 0.1) is 0 Å². The summed E-state index contributed by atoms with van der Waals surface area (Å²) in [6, 6.07) is 0. The minimum atomic E-state index is -1.42. The van der Waals surface area contributed by atoms with Crippen molar-refractivity contribution in [3.8, 4) is 0 Å². The maximum Gasteiger partial charge on any atom is 0.508 e. The van der Waals surface area contributed by atoms with Crippen LogP contribution in [0.5, 0.6) is 0 Å². The van der Waals surface area contributed by atoms with Crippen LogP contribution in [0.1, 0.15) is 71.6 Å². The van der Waals surface area contributed by atoms with E-state index in [0.717, 1.165) is 25.4 Å². The summed E-state index contributed by atoms with van der Waals surface area (Å²) in [6.45, 7) is 4.41. The van der Waals surface area contributed by atoms with Crippen LogP contribution in [-0.2, 0) is 9.09 Å². The van der Waals surface area contributed by atoms with Gasteiger partial charge in [0.25, 0.3) is 0 Å². The Labute approximate surface area is 107 Å². The van der Waals surface area contributed by atoms with Gasteiger partial charge in [0.1, 0.15) is 6.10 Å². The van der Waals surface area contributed by atoms with E-state index in [9.17, 15) is 4.57 Å². The third kappa shape index (κ3) is 6.52. The van der Waals surface area contributed by atoms with Crippen molar-refractivity contribution in [1.82, 2.24) is 0 Å². The molecule has 0 radical (unpaired) electrons. The van der Waals surface area contributed by atoms with Gasteiger partial charge in [-0.1, -0.05) is 46.0 Å². The Morgan fingerprint density at radius 3 is 2.53 bits per heavy atom. The van der Waals surface area contributed by atoms with E-state index < -0.39 is 8.03 Å². The van der Waals surface area contributed by atoms with Crippen molar-refractivity contribution in [2.45, 2.75) is 77.7 Å². The summed E-state index contributed by atoms with van der Waals surface area (Å²) in [5, 5.41) is 0. The first-order valence-corrected chi connectivity index (χ1v) is 8.74. The average molecular weight is 259 g/mol. The molecular formula is C14H28O2P+. The molecule has 2 atom stereocenters. The van der Waals surface area contributed by atoms with Gasteiger partial charge in [0.2, 0.25) is 0 Å². The van der Waals surface area contributed by atoms with Crippen LogP contribution < -0.4 is 0 Å². The van der Waals surface area contributed by atoms with Crippen LogP contribution in [0.15, 0.2) is 0 Å². The number of hydrogen-bond acceptors (Lipinski definition) is 2.